The molecule has 1 aliphatic rings. The Morgan fingerprint density at radius 3 is 2.76 bits per heavy atom. The van der Waals surface area contributed by atoms with Gasteiger partial charge in [0, 0.05) is 28.3 Å². The number of aromatic nitrogens is 1. The van der Waals surface area contributed by atoms with E-state index in [9.17, 15) is 19.7 Å². The van der Waals surface area contributed by atoms with Crippen LogP contribution in [0.1, 0.15) is 44.0 Å². The number of hydrogen-bond donors (Lipinski definition) is 0. The smallest absolute Gasteiger partial charge is 0.339 e. The van der Waals surface area contributed by atoms with Gasteiger partial charge < -0.3 is 4.74 Å². The largest absolute Gasteiger partial charge is 0.454 e. The zero-order valence-electron chi connectivity index (χ0n) is 15.8. The van der Waals surface area contributed by atoms with Crippen molar-refractivity contribution >= 4 is 28.3 Å². The van der Waals surface area contributed by atoms with Crippen LogP contribution in [0.2, 0.25) is 0 Å². The molecule has 4 rings (SSSR count). The van der Waals surface area contributed by atoms with E-state index in [4.69, 9.17) is 4.74 Å². The minimum Gasteiger partial charge on any atom is -0.454 e. The minimum atomic E-state index is -0.572. The second-order valence-electron chi connectivity index (χ2n) is 7.04. The van der Waals surface area contributed by atoms with Crippen molar-refractivity contribution in [1.82, 2.24) is 4.98 Å². The van der Waals surface area contributed by atoms with Crippen molar-refractivity contribution in [3.63, 3.8) is 0 Å². The van der Waals surface area contributed by atoms with Crippen molar-refractivity contribution in [2.24, 2.45) is 0 Å². The highest BCUT2D eigenvalue weighted by Gasteiger charge is 2.25. The molecular formula is C22H18N2O5. The molecule has 0 unspecified atom stereocenters. The highest BCUT2D eigenvalue weighted by atomic mass is 16.6. The topological polar surface area (TPSA) is 99.4 Å². The Morgan fingerprint density at radius 1 is 1.17 bits per heavy atom. The molecule has 1 heterocycles. The molecule has 0 N–H and O–H groups in total. The molecule has 0 saturated carbocycles. The number of fused-ring (bicyclic) bond motifs is 2. The molecular weight excluding hydrogens is 372 g/mol. The van der Waals surface area contributed by atoms with Gasteiger partial charge in [-0.3, -0.25) is 19.9 Å². The fraction of sp³-hybridized carbons (Fsp3) is 0.227. The summed E-state index contributed by atoms with van der Waals surface area (Å²) in [6.45, 7) is 1.12. The zero-order chi connectivity index (χ0) is 20.5. The molecule has 0 spiro atoms. The molecule has 146 valence electrons. The van der Waals surface area contributed by atoms with Crippen LogP contribution in [-0.2, 0) is 17.6 Å². The molecule has 0 radical (unpaired) electrons. The zero-order valence-corrected chi connectivity index (χ0v) is 15.8. The van der Waals surface area contributed by atoms with Crippen LogP contribution < -0.4 is 0 Å². The number of benzene rings is 2. The number of nitrogens with zero attached hydrogens (tertiary/aromatic N) is 2. The molecule has 7 nitrogen and oxygen atoms in total. The number of Topliss-reactive ketones (excluding diaryl/α,β-unsaturated/α-hetero) is 1. The van der Waals surface area contributed by atoms with E-state index < -0.39 is 23.3 Å². The molecule has 3 aromatic rings. The third-order valence-electron chi connectivity index (χ3n) is 5.19. The summed E-state index contributed by atoms with van der Waals surface area (Å²) in [6.07, 6.45) is 2.48. The molecule has 0 atom stereocenters. The van der Waals surface area contributed by atoms with Crippen molar-refractivity contribution in [2.45, 2.75) is 26.2 Å². The van der Waals surface area contributed by atoms with Gasteiger partial charge in [0.2, 0.25) is 5.78 Å². The van der Waals surface area contributed by atoms with Crippen LogP contribution in [0.15, 0.2) is 42.5 Å². The molecule has 0 aliphatic heterocycles. The highest BCUT2D eigenvalue weighted by Crippen LogP contribution is 2.30. The average molecular weight is 390 g/mol. The van der Waals surface area contributed by atoms with E-state index in [1.165, 1.54) is 18.2 Å². The minimum absolute atomic E-state index is 0.139. The number of pyridine rings is 1. The summed E-state index contributed by atoms with van der Waals surface area (Å²) in [5.74, 6) is -1.06. The van der Waals surface area contributed by atoms with Crippen molar-refractivity contribution < 1.29 is 19.2 Å². The SMILES string of the molecule is Cc1ccc(C(=O)COC(=O)c2c3c(nc4ccccc24)CCC3)cc1[N+](=O)[O-]. The van der Waals surface area contributed by atoms with Crippen LogP contribution in [-0.4, -0.2) is 28.3 Å². The second kappa shape index (κ2) is 7.43. The van der Waals surface area contributed by atoms with Gasteiger partial charge in [0.1, 0.15) is 0 Å². The van der Waals surface area contributed by atoms with Crippen molar-refractivity contribution in [3.8, 4) is 0 Å². The summed E-state index contributed by atoms with van der Waals surface area (Å²) in [5, 5.41) is 11.8. The standard InChI is InChI=1S/C22H18N2O5/c1-13-9-10-14(11-19(13)24(27)28)20(25)12-29-22(26)21-15-5-2-3-7-17(15)23-18-8-4-6-16(18)21/h2-3,5,7,9-11H,4,6,8,12H2,1H3. The van der Waals surface area contributed by atoms with Crippen LogP contribution >= 0.6 is 0 Å². The number of esters is 1. The number of para-hydroxylation sites is 1. The monoisotopic (exact) mass is 390 g/mol. The van der Waals surface area contributed by atoms with Gasteiger partial charge >= 0.3 is 5.97 Å². The van der Waals surface area contributed by atoms with Crippen molar-refractivity contribution in [1.29, 1.82) is 0 Å². The predicted molar refractivity (Wildman–Crippen MR) is 106 cm³/mol. The van der Waals surface area contributed by atoms with Crippen molar-refractivity contribution in [3.05, 3.63) is 80.5 Å². The lowest BCUT2D eigenvalue weighted by atomic mass is 10.0. The van der Waals surface area contributed by atoms with E-state index in [1.807, 2.05) is 24.3 Å². The lowest BCUT2D eigenvalue weighted by Gasteiger charge is -2.12. The normalized spacial score (nSPS) is 12.6. The molecule has 1 aromatic heterocycles. The summed E-state index contributed by atoms with van der Waals surface area (Å²) < 4.78 is 5.32. The first-order valence-electron chi connectivity index (χ1n) is 9.31. The van der Waals surface area contributed by atoms with Gasteiger partial charge in [-0.05, 0) is 37.8 Å². The first kappa shape index (κ1) is 18.7. The number of carbonyl (C=O) groups excluding carboxylic acids is 2. The lowest BCUT2D eigenvalue weighted by molar-refractivity contribution is -0.385. The third kappa shape index (κ3) is 3.47. The van der Waals surface area contributed by atoms with E-state index in [0.29, 0.717) is 16.5 Å². The van der Waals surface area contributed by atoms with Crippen LogP contribution in [0.25, 0.3) is 10.9 Å². The third-order valence-corrected chi connectivity index (χ3v) is 5.19. The van der Waals surface area contributed by atoms with Crippen LogP contribution in [0.4, 0.5) is 5.69 Å². The van der Waals surface area contributed by atoms with E-state index in [-0.39, 0.29) is 11.3 Å². The van der Waals surface area contributed by atoms with E-state index in [0.717, 1.165) is 36.0 Å². The number of carbonyl (C=O) groups is 2. The van der Waals surface area contributed by atoms with Gasteiger partial charge in [-0.15, -0.1) is 0 Å². The summed E-state index contributed by atoms with van der Waals surface area (Å²) in [7, 11) is 0. The number of nitro benzene ring substituents is 1. The fourth-order valence-corrected chi connectivity index (χ4v) is 3.71. The first-order chi connectivity index (χ1) is 14.0. The van der Waals surface area contributed by atoms with Crippen molar-refractivity contribution in [2.75, 3.05) is 6.61 Å². The molecule has 1 aliphatic carbocycles. The van der Waals surface area contributed by atoms with Gasteiger partial charge in [-0.25, -0.2) is 4.79 Å². The number of rotatable bonds is 5. The van der Waals surface area contributed by atoms with Gasteiger partial charge in [-0.2, -0.15) is 0 Å². The maximum atomic E-state index is 12.9. The Labute approximate surface area is 166 Å². The Morgan fingerprint density at radius 2 is 1.97 bits per heavy atom. The Kier molecular flexibility index (Phi) is 4.80. The highest BCUT2D eigenvalue weighted by molar-refractivity contribution is 6.06. The van der Waals surface area contributed by atoms with Crippen LogP contribution in [0.5, 0.6) is 0 Å². The predicted octanol–water partition coefficient (Wildman–Crippen LogP) is 3.98. The number of hydrogen-bond acceptors (Lipinski definition) is 6. The summed E-state index contributed by atoms with van der Waals surface area (Å²) in [4.78, 5) is 40.5. The maximum Gasteiger partial charge on any atom is 0.339 e. The Hall–Kier alpha value is -3.61. The number of ether oxygens (including phenoxy) is 1. The summed E-state index contributed by atoms with van der Waals surface area (Å²) in [5.41, 5.74) is 3.43. The Bertz CT molecular complexity index is 1170. The molecule has 7 heteroatoms. The Balaban J connectivity index is 1.59. The number of aryl methyl sites for hydroxylation is 2. The molecule has 29 heavy (non-hydrogen) atoms. The van der Waals surface area contributed by atoms with Gasteiger partial charge in [0.15, 0.2) is 6.61 Å². The second-order valence-corrected chi connectivity index (χ2v) is 7.04. The van der Waals surface area contributed by atoms with Gasteiger partial charge in [0.25, 0.3) is 5.69 Å². The fourth-order valence-electron chi connectivity index (χ4n) is 3.71. The molecule has 0 bridgehead atoms. The molecule has 0 saturated heterocycles. The van der Waals surface area contributed by atoms with Crippen LogP contribution in [0.3, 0.4) is 0 Å². The quantitative estimate of drug-likeness (QED) is 0.283. The van der Waals surface area contributed by atoms with E-state index >= 15 is 0 Å². The van der Waals surface area contributed by atoms with Crippen LogP contribution in [0, 0.1) is 17.0 Å². The molecule has 2 aromatic carbocycles. The summed E-state index contributed by atoms with van der Waals surface area (Å²) >= 11 is 0. The number of ketones is 1. The molecule has 0 fully saturated rings. The maximum absolute atomic E-state index is 12.9. The lowest BCUT2D eigenvalue weighted by Crippen LogP contribution is -2.16. The van der Waals surface area contributed by atoms with Gasteiger partial charge in [-0.1, -0.05) is 30.3 Å². The van der Waals surface area contributed by atoms with Gasteiger partial charge in [0.05, 0.1) is 16.0 Å². The number of nitro groups is 1. The first-order valence-corrected chi connectivity index (χ1v) is 9.31. The average Bonchev–Trinajstić information content (AvgIpc) is 3.18. The van der Waals surface area contributed by atoms with E-state index in [1.54, 1.807) is 6.92 Å². The summed E-state index contributed by atoms with van der Waals surface area (Å²) in [6, 6.07) is 11.6. The molecule has 0 amide bonds. The van der Waals surface area contributed by atoms with E-state index in [2.05, 4.69) is 4.98 Å².